The normalized spacial score (nSPS) is 14.7. The summed E-state index contributed by atoms with van der Waals surface area (Å²) in [6.45, 7) is 3.52. The molecule has 148 valence electrons. The Morgan fingerprint density at radius 3 is 2.54 bits per heavy atom. The fourth-order valence-electron chi connectivity index (χ4n) is 3.45. The summed E-state index contributed by atoms with van der Waals surface area (Å²) in [5, 5.41) is 2.94. The maximum Gasteiger partial charge on any atom is 0.257 e. The van der Waals surface area contributed by atoms with Gasteiger partial charge in [-0.15, -0.1) is 0 Å². The number of methoxy groups -OCH3 is 1. The van der Waals surface area contributed by atoms with Gasteiger partial charge in [0.15, 0.2) is 0 Å². The first-order chi connectivity index (χ1) is 13.4. The number of nitrogens with zero attached hydrogens (tertiary/aromatic N) is 2. The summed E-state index contributed by atoms with van der Waals surface area (Å²) in [4.78, 5) is 28.9. The van der Waals surface area contributed by atoms with Gasteiger partial charge in [-0.3, -0.25) is 14.5 Å². The van der Waals surface area contributed by atoms with Crippen molar-refractivity contribution < 1.29 is 14.3 Å². The Bertz CT molecular complexity index is 879. The first-order valence-corrected chi connectivity index (χ1v) is 9.42. The molecule has 1 aliphatic heterocycles. The van der Waals surface area contributed by atoms with Gasteiger partial charge in [-0.2, -0.15) is 0 Å². The quantitative estimate of drug-likeness (QED) is 0.865. The van der Waals surface area contributed by atoms with E-state index in [1.54, 1.807) is 32.3 Å². The molecule has 3 rings (SSSR count). The lowest BCUT2D eigenvalue weighted by molar-refractivity contribution is -0.121. The highest BCUT2D eigenvalue weighted by Gasteiger charge is 2.25. The number of benzene rings is 2. The monoisotopic (exact) mass is 381 g/mol. The van der Waals surface area contributed by atoms with Gasteiger partial charge in [-0.05, 0) is 42.7 Å². The van der Waals surface area contributed by atoms with Crippen molar-refractivity contribution in [3.05, 3.63) is 59.2 Å². The van der Waals surface area contributed by atoms with Crippen LogP contribution in [0.15, 0.2) is 42.5 Å². The molecule has 6 heteroatoms. The molecule has 1 N–H and O–H groups in total. The van der Waals surface area contributed by atoms with Crippen molar-refractivity contribution in [3.63, 3.8) is 0 Å². The molecule has 2 aromatic rings. The minimum atomic E-state index is -0.275. The van der Waals surface area contributed by atoms with Gasteiger partial charge in [0, 0.05) is 32.9 Å². The Balaban J connectivity index is 1.72. The maximum atomic E-state index is 12.8. The molecule has 1 heterocycles. The van der Waals surface area contributed by atoms with Crippen LogP contribution in [0.2, 0.25) is 0 Å². The van der Waals surface area contributed by atoms with Crippen molar-refractivity contribution in [2.45, 2.75) is 25.9 Å². The molecule has 0 saturated heterocycles. The summed E-state index contributed by atoms with van der Waals surface area (Å²) in [7, 11) is 4.89. The van der Waals surface area contributed by atoms with E-state index in [1.165, 1.54) is 23.1 Å². The highest BCUT2D eigenvalue weighted by Crippen LogP contribution is 2.25. The molecular weight excluding hydrogens is 354 g/mol. The number of ether oxygens (including phenoxy) is 1. The van der Waals surface area contributed by atoms with Gasteiger partial charge in [-0.1, -0.05) is 24.3 Å². The number of rotatable bonds is 5. The van der Waals surface area contributed by atoms with E-state index in [2.05, 4.69) is 28.4 Å². The highest BCUT2D eigenvalue weighted by atomic mass is 16.5. The molecule has 1 atom stereocenters. The number of nitrogens with one attached hydrogen (secondary N) is 1. The van der Waals surface area contributed by atoms with Crippen molar-refractivity contribution in [1.82, 2.24) is 9.80 Å². The number of hydrogen-bond acceptors (Lipinski definition) is 4. The maximum absolute atomic E-state index is 12.8. The Morgan fingerprint density at radius 1 is 1.14 bits per heavy atom. The molecule has 28 heavy (non-hydrogen) atoms. The molecule has 0 fully saturated rings. The highest BCUT2D eigenvalue weighted by molar-refractivity contribution is 6.00. The zero-order valence-corrected chi connectivity index (χ0v) is 16.9. The third kappa shape index (κ3) is 4.17. The number of carbonyl (C=O) groups excluding carboxylic acids is 2. The average molecular weight is 381 g/mol. The first kappa shape index (κ1) is 19.9. The lowest BCUT2D eigenvalue weighted by atomic mass is 9.98. The number of hydrogen-bond donors (Lipinski definition) is 1. The molecule has 2 amide bonds. The zero-order chi connectivity index (χ0) is 20.3. The molecule has 1 unspecified atom stereocenters. The molecule has 0 bridgehead atoms. The molecule has 6 nitrogen and oxygen atoms in total. The minimum Gasteiger partial charge on any atom is -0.496 e. The number of anilines is 1. The van der Waals surface area contributed by atoms with Crippen LogP contribution in [0.5, 0.6) is 5.75 Å². The van der Waals surface area contributed by atoms with Crippen molar-refractivity contribution in [2.24, 2.45) is 0 Å². The van der Waals surface area contributed by atoms with E-state index in [4.69, 9.17) is 4.74 Å². The van der Waals surface area contributed by atoms with Crippen LogP contribution in [0.1, 0.15) is 28.4 Å². The van der Waals surface area contributed by atoms with Gasteiger partial charge < -0.3 is 15.0 Å². The lowest BCUT2D eigenvalue weighted by Gasteiger charge is -2.32. The van der Waals surface area contributed by atoms with Crippen molar-refractivity contribution in [3.8, 4) is 5.75 Å². The van der Waals surface area contributed by atoms with Gasteiger partial charge in [0.05, 0.1) is 18.7 Å². The van der Waals surface area contributed by atoms with Gasteiger partial charge in [0.2, 0.25) is 5.91 Å². The molecule has 2 aromatic carbocycles. The Hall–Kier alpha value is -2.86. The van der Waals surface area contributed by atoms with E-state index >= 15 is 0 Å². The second-order valence-electron chi connectivity index (χ2n) is 7.27. The molecule has 0 radical (unpaired) electrons. The summed E-state index contributed by atoms with van der Waals surface area (Å²) >= 11 is 0. The van der Waals surface area contributed by atoms with Gasteiger partial charge in [0.1, 0.15) is 5.75 Å². The summed E-state index contributed by atoms with van der Waals surface area (Å²) in [6, 6.07) is 13.2. The smallest absolute Gasteiger partial charge is 0.257 e. The third-order valence-electron chi connectivity index (χ3n) is 5.19. The van der Waals surface area contributed by atoms with Gasteiger partial charge in [0.25, 0.3) is 5.91 Å². The van der Waals surface area contributed by atoms with Crippen LogP contribution in [0.25, 0.3) is 0 Å². The molecule has 0 saturated carbocycles. The van der Waals surface area contributed by atoms with Crippen LogP contribution in [0.4, 0.5) is 5.69 Å². The zero-order valence-electron chi connectivity index (χ0n) is 16.9. The van der Waals surface area contributed by atoms with Crippen molar-refractivity contribution in [1.29, 1.82) is 0 Å². The predicted octanol–water partition coefficient (Wildman–Crippen LogP) is 2.78. The second-order valence-corrected chi connectivity index (χ2v) is 7.27. The Kier molecular flexibility index (Phi) is 5.99. The summed E-state index contributed by atoms with van der Waals surface area (Å²) in [5.74, 6) is 0.221. The van der Waals surface area contributed by atoms with E-state index < -0.39 is 0 Å². The summed E-state index contributed by atoms with van der Waals surface area (Å²) < 4.78 is 5.28. The fourth-order valence-corrected chi connectivity index (χ4v) is 3.45. The molecule has 1 aliphatic rings. The van der Waals surface area contributed by atoms with E-state index in [9.17, 15) is 9.59 Å². The van der Waals surface area contributed by atoms with Crippen LogP contribution in [-0.4, -0.2) is 55.4 Å². The predicted molar refractivity (Wildman–Crippen MR) is 110 cm³/mol. The number of carbonyl (C=O) groups is 2. The van der Waals surface area contributed by atoms with Gasteiger partial charge >= 0.3 is 0 Å². The summed E-state index contributed by atoms with van der Waals surface area (Å²) in [6.07, 6.45) is 0.942. The van der Waals surface area contributed by atoms with E-state index in [-0.39, 0.29) is 17.9 Å². The Labute approximate surface area is 166 Å². The number of amides is 2. The topological polar surface area (TPSA) is 61.9 Å². The molecule has 0 spiro atoms. The minimum absolute atomic E-state index is 0.0900. The largest absolute Gasteiger partial charge is 0.496 e. The average Bonchev–Trinajstić information content (AvgIpc) is 2.72. The third-order valence-corrected chi connectivity index (χ3v) is 5.19. The van der Waals surface area contributed by atoms with E-state index in [0.717, 1.165) is 19.5 Å². The van der Waals surface area contributed by atoms with E-state index in [0.29, 0.717) is 17.0 Å². The standard InChI is InChI=1S/C22H27N3O3/c1-15(25-12-11-16-7-5-6-8-17(16)14-25)21(26)23-18-9-10-20(28-4)19(13-18)22(27)24(2)3/h5-10,13,15H,11-12,14H2,1-4H3,(H,23,26). The lowest BCUT2D eigenvalue weighted by Crippen LogP contribution is -2.44. The molecular formula is C22H27N3O3. The molecule has 0 aliphatic carbocycles. The Morgan fingerprint density at radius 2 is 1.86 bits per heavy atom. The SMILES string of the molecule is COc1ccc(NC(=O)C(C)N2CCc3ccccc3C2)cc1C(=O)N(C)C. The fraction of sp³-hybridized carbons (Fsp3) is 0.364. The van der Waals surface area contributed by atoms with Crippen LogP contribution in [0.3, 0.4) is 0 Å². The molecule has 0 aromatic heterocycles. The van der Waals surface area contributed by atoms with Crippen LogP contribution in [0, 0.1) is 0 Å². The van der Waals surface area contributed by atoms with Crippen LogP contribution < -0.4 is 10.1 Å². The van der Waals surface area contributed by atoms with Crippen molar-refractivity contribution >= 4 is 17.5 Å². The first-order valence-electron chi connectivity index (χ1n) is 9.42. The van der Waals surface area contributed by atoms with Crippen LogP contribution >= 0.6 is 0 Å². The van der Waals surface area contributed by atoms with Gasteiger partial charge in [-0.25, -0.2) is 0 Å². The van der Waals surface area contributed by atoms with Crippen LogP contribution in [-0.2, 0) is 17.8 Å². The van der Waals surface area contributed by atoms with E-state index in [1.807, 2.05) is 13.0 Å². The number of fused-ring (bicyclic) bond motifs is 1. The summed E-state index contributed by atoms with van der Waals surface area (Å²) in [5.41, 5.74) is 3.63. The van der Waals surface area contributed by atoms with Crippen molar-refractivity contribution in [2.75, 3.05) is 33.1 Å². The second kappa shape index (κ2) is 8.44.